The second-order valence-electron chi connectivity index (χ2n) is 6.81. The minimum atomic E-state index is 0.163. The number of phenols is 1. The molecule has 1 unspecified atom stereocenters. The van der Waals surface area contributed by atoms with E-state index in [2.05, 4.69) is 29.4 Å². The van der Waals surface area contributed by atoms with Crippen molar-refractivity contribution in [3.8, 4) is 5.75 Å². The van der Waals surface area contributed by atoms with Crippen molar-refractivity contribution in [2.24, 2.45) is 0 Å². The number of hydrogen-bond acceptors (Lipinski definition) is 3. The number of hydrogen-bond donors (Lipinski definition) is 1. The third-order valence-corrected chi connectivity index (χ3v) is 4.88. The van der Waals surface area contributed by atoms with E-state index in [1.54, 1.807) is 6.07 Å². The summed E-state index contributed by atoms with van der Waals surface area (Å²) in [4.78, 5) is 0. The second-order valence-corrected chi connectivity index (χ2v) is 6.81. The van der Waals surface area contributed by atoms with E-state index in [0.29, 0.717) is 5.75 Å². The van der Waals surface area contributed by atoms with E-state index < -0.39 is 0 Å². The Morgan fingerprint density at radius 2 is 1.92 bits per heavy atom. The van der Waals surface area contributed by atoms with Crippen LogP contribution in [0.1, 0.15) is 46.0 Å². The number of fused-ring (bicyclic) bond motifs is 1. The Morgan fingerprint density at radius 1 is 1.12 bits per heavy atom. The molecule has 0 radical (unpaired) electrons. The van der Waals surface area contributed by atoms with E-state index in [9.17, 15) is 5.11 Å². The maximum Gasteiger partial charge on any atom is 0.138 e. The number of nitrogens with zero attached hydrogens (tertiary/aromatic N) is 1. The molecule has 0 spiro atoms. The molecular formula is C23H21NO2. The van der Waals surface area contributed by atoms with Gasteiger partial charge in [0.05, 0.1) is 0 Å². The zero-order valence-electron chi connectivity index (χ0n) is 14.9. The minimum absolute atomic E-state index is 0.163. The molecule has 4 rings (SSSR count). The van der Waals surface area contributed by atoms with Crippen LogP contribution >= 0.6 is 0 Å². The zero-order chi connectivity index (χ0) is 18.1. The molecule has 0 bridgehead atoms. The molecule has 3 nitrogen and oxygen atoms in total. The summed E-state index contributed by atoms with van der Waals surface area (Å²) < 4.78 is 5.45. The first-order valence-corrected chi connectivity index (χ1v) is 8.82. The third kappa shape index (κ3) is 3.08. The lowest BCUT2D eigenvalue weighted by molar-refractivity contribution is 0.395. The molecule has 0 aliphatic heterocycles. The number of phenolic OH excluding ortho intramolecular Hbond substituents is 1. The number of aromatic hydroxyl groups is 1. The third-order valence-electron chi connectivity index (χ3n) is 4.88. The van der Waals surface area contributed by atoms with Gasteiger partial charge in [-0.05, 0) is 49.6 Å². The van der Waals surface area contributed by atoms with Crippen LogP contribution in [-0.2, 0) is 0 Å². The van der Waals surface area contributed by atoms with E-state index in [4.69, 9.17) is 4.52 Å². The number of benzene rings is 2. The molecule has 130 valence electrons. The van der Waals surface area contributed by atoms with Crippen LogP contribution in [0.4, 0.5) is 0 Å². The largest absolute Gasteiger partial charge is 0.507 e. The van der Waals surface area contributed by atoms with E-state index >= 15 is 0 Å². The highest BCUT2D eigenvalue weighted by Crippen LogP contribution is 2.42. The lowest BCUT2D eigenvalue weighted by atomic mass is 9.82. The highest BCUT2D eigenvalue weighted by Gasteiger charge is 2.26. The Balaban J connectivity index is 1.75. The van der Waals surface area contributed by atoms with Gasteiger partial charge in [-0.25, -0.2) is 0 Å². The molecule has 1 atom stereocenters. The summed E-state index contributed by atoms with van der Waals surface area (Å²) in [5.41, 5.74) is 6.22. The average molecular weight is 343 g/mol. The number of aryl methyl sites for hydroxylation is 2. The van der Waals surface area contributed by atoms with Crippen molar-refractivity contribution in [1.82, 2.24) is 5.16 Å². The van der Waals surface area contributed by atoms with Crippen LogP contribution in [0.2, 0.25) is 0 Å². The van der Waals surface area contributed by atoms with Crippen LogP contribution in [0, 0.1) is 13.8 Å². The summed E-state index contributed by atoms with van der Waals surface area (Å²) in [6, 6.07) is 16.0. The van der Waals surface area contributed by atoms with Crippen LogP contribution in [0.3, 0.4) is 0 Å². The van der Waals surface area contributed by atoms with Gasteiger partial charge in [0.1, 0.15) is 17.2 Å². The summed E-state index contributed by atoms with van der Waals surface area (Å²) >= 11 is 0. The van der Waals surface area contributed by atoms with Gasteiger partial charge in [0.2, 0.25) is 0 Å². The van der Waals surface area contributed by atoms with Gasteiger partial charge in [0.15, 0.2) is 0 Å². The van der Waals surface area contributed by atoms with E-state index in [-0.39, 0.29) is 5.92 Å². The first kappa shape index (κ1) is 16.4. The van der Waals surface area contributed by atoms with Crippen LogP contribution in [0.5, 0.6) is 5.75 Å². The maximum absolute atomic E-state index is 10.3. The monoisotopic (exact) mass is 343 g/mol. The highest BCUT2D eigenvalue weighted by molar-refractivity contribution is 5.87. The Kier molecular flexibility index (Phi) is 4.21. The smallest absolute Gasteiger partial charge is 0.138 e. The maximum atomic E-state index is 10.3. The van der Waals surface area contributed by atoms with Crippen LogP contribution in [-0.4, -0.2) is 10.3 Å². The molecule has 3 aromatic rings. The summed E-state index contributed by atoms with van der Waals surface area (Å²) in [6.07, 6.45) is 7.18. The van der Waals surface area contributed by atoms with Crippen molar-refractivity contribution in [2.75, 3.05) is 0 Å². The topological polar surface area (TPSA) is 46.3 Å². The van der Waals surface area contributed by atoms with Gasteiger partial charge in [0.25, 0.3) is 0 Å². The fourth-order valence-electron chi connectivity index (χ4n) is 3.56. The lowest BCUT2D eigenvalue weighted by Gasteiger charge is -2.21. The van der Waals surface area contributed by atoms with Gasteiger partial charge in [0, 0.05) is 17.0 Å². The van der Waals surface area contributed by atoms with Gasteiger partial charge in [-0.3, -0.25) is 0 Å². The summed E-state index contributed by atoms with van der Waals surface area (Å²) in [5, 5.41) is 14.6. The van der Waals surface area contributed by atoms with E-state index in [1.165, 1.54) is 0 Å². The molecule has 0 saturated carbocycles. The predicted molar refractivity (Wildman–Crippen MR) is 105 cm³/mol. The van der Waals surface area contributed by atoms with Gasteiger partial charge in [-0.15, -0.1) is 0 Å². The van der Waals surface area contributed by atoms with Gasteiger partial charge >= 0.3 is 0 Å². The minimum Gasteiger partial charge on any atom is -0.507 e. The van der Waals surface area contributed by atoms with Crippen LogP contribution < -0.4 is 0 Å². The molecule has 1 aliphatic rings. The molecular weight excluding hydrogens is 322 g/mol. The van der Waals surface area contributed by atoms with Crippen molar-refractivity contribution < 1.29 is 9.63 Å². The predicted octanol–water partition coefficient (Wildman–Crippen LogP) is 5.74. The van der Waals surface area contributed by atoms with Crippen molar-refractivity contribution in [1.29, 1.82) is 0 Å². The van der Waals surface area contributed by atoms with Crippen molar-refractivity contribution in [3.63, 3.8) is 0 Å². The lowest BCUT2D eigenvalue weighted by Crippen LogP contribution is -2.05. The molecule has 3 heteroatoms. The first-order chi connectivity index (χ1) is 12.6. The molecule has 1 aliphatic carbocycles. The molecule has 2 aromatic carbocycles. The molecule has 0 amide bonds. The average Bonchev–Trinajstić information content (AvgIpc) is 3.03. The normalized spacial score (nSPS) is 16.5. The quantitative estimate of drug-likeness (QED) is 0.660. The standard InChI is InChI=1S/C23H21NO2/c1-15-8-11-22(25)20(12-15)19-13-18(10-9-17-6-4-3-5-7-17)23-16(2)26-24-21(23)14-19/h3-12,14,18,25H,13H2,1-2H3/b10-9+. The Morgan fingerprint density at radius 3 is 2.73 bits per heavy atom. The summed E-state index contributed by atoms with van der Waals surface area (Å²) in [5.74, 6) is 1.32. The Labute approximate surface area is 153 Å². The molecule has 0 saturated heterocycles. The van der Waals surface area contributed by atoms with E-state index in [1.807, 2.05) is 50.3 Å². The van der Waals surface area contributed by atoms with Gasteiger partial charge in [-0.2, -0.15) is 0 Å². The van der Waals surface area contributed by atoms with Crippen molar-refractivity contribution in [2.45, 2.75) is 26.2 Å². The summed E-state index contributed by atoms with van der Waals surface area (Å²) in [6.45, 7) is 3.99. The Bertz CT molecular complexity index is 996. The van der Waals surface area contributed by atoms with Crippen LogP contribution in [0.25, 0.3) is 17.7 Å². The fourth-order valence-corrected chi connectivity index (χ4v) is 3.56. The Hall–Kier alpha value is -3.07. The van der Waals surface area contributed by atoms with E-state index in [0.717, 1.165) is 45.7 Å². The highest BCUT2D eigenvalue weighted by atomic mass is 16.5. The number of aromatic nitrogens is 1. The van der Waals surface area contributed by atoms with Crippen molar-refractivity contribution in [3.05, 3.63) is 88.3 Å². The fraction of sp³-hybridized carbons (Fsp3) is 0.174. The number of allylic oxidation sites excluding steroid dienone is 2. The molecule has 0 fully saturated rings. The first-order valence-electron chi connectivity index (χ1n) is 8.82. The molecule has 1 N–H and O–H groups in total. The molecule has 26 heavy (non-hydrogen) atoms. The van der Waals surface area contributed by atoms with Crippen LogP contribution in [0.15, 0.2) is 59.1 Å². The molecule has 1 aromatic heterocycles. The van der Waals surface area contributed by atoms with Gasteiger partial charge in [-0.1, -0.05) is 59.3 Å². The molecule has 1 heterocycles. The van der Waals surface area contributed by atoms with Crippen molar-refractivity contribution >= 4 is 17.7 Å². The zero-order valence-corrected chi connectivity index (χ0v) is 14.9. The SMILES string of the molecule is Cc1ccc(O)c(C2=Cc3noc(C)c3C(/C=C/c3ccccc3)C2)c1. The summed E-state index contributed by atoms with van der Waals surface area (Å²) in [7, 11) is 0. The van der Waals surface area contributed by atoms with Gasteiger partial charge < -0.3 is 9.63 Å². The second kappa shape index (κ2) is 6.68. The number of rotatable bonds is 3.